The summed E-state index contributed by atoms with van der Waals surface area (Å²) in [6, 6.07) is 1.69. The molecule has 0 bridgehead atoms. The van der Waals surface area contributed by atoms with Gasteiger partial charge in [0.1, 0.15) is 0 Å². The van der Waals surface area contributed by atoms with Crippen LogP contribution in [0, 0.1) is 0 Å². The van der Waals surface area contributed by atoms with Crippen LogP contribution < -0.4 is 11.5 Å². The highest BCUT2D eigenvalue weighted by Crippen LogP contribution is 2.37. The van der Waals surface area contributed by atoms with E-state index in [2.05, 4.69) is 31.9 Å². The highest BCUT2D eigenvalue weighted by molar-refractivity contribution is 9.11. The molecule has 0 spiro atoms. The van der Waals surface area contributed by atoms with E-state index in [1.807, 2.05) is 0 Å². The molecule has 0 amide bonds. The van der Waals surface area contributed by atoms with Crippen molar-refractivity contribution in [3.05, 3.63) is 20.0 Å². The lowest BCUT2D eigenvalue weighted by Gasteiger charge is -2.06. The molecule has 11 heavy (non-hydrogen) atoms. The molecule has 0 aliphatic heterocycles. The zero-order valence-corrected chi connectivity index (χ0v) is 9.29. The van der Waals surface area contributed by atoms with E-state index in [9.17, 15) is 0 Å². The summed E-state index contributed by atoms with van der Waals surface area (Å²) >= 11 is 12.2. The molecule has 0 heterocycles. The van der Waals surface area contributed by atoms with Crippen LogP contribution in [-0.4, -0.2) is 0 Å². The standard InChI is InChI=1S/C6H5Br2ClN2/c7-2-1-3(9)4(8)6(11)5(2)10/h1H,10-11H2. The van der Waals surface area contributed by atoms with E-state index in [0.717, 1.165) is 0 Å². The van der Waals surface area contributed by atoms with Gasteiger partial charge in [-0.25, -0.2) is 0 Å². The summed E-state index contributed by atoms with van der Waals surface area (Å²) in [5.41, 5.74) is 12.2. The van der Waals surface area contributed by atoms with E-state index in [1.165, 1.54) is 0 Å². The van der Waals surface area contributed by atoms with Gasteiger partial charge >= 0.3 is 0 Å². The van der Waals surface area contributed by atoms with Crippen LogP contribution in [0.5, 0.6) is 0 Å². The molecule has 0 saturated carbocycles. The summed E-state index contributed by atoms with van der Waals surface area (Å²) < 4.78 is 1.35. The number of hydrogen-bond donors (Lipinski definition) is 2. The molecule has 1 aromatic carbocycles. The number of hydrogen-bond acceptors (Lipinski definition) is 2. The number of halogens is 3. The Bertz CT molecular complexity index is 275. The van der Waals surface area contributed by atoms with Gasteiger partial charge in [-0.2, -0.15) is 0 Å². The fourth-order valence-corrected chi connectivity index (χ4v) is 1.74. The van der Waals surface area contributed by atoms with Crippen LogP contribution in [0.1, 0.15) is 0 Å². The van der Waals surface area contributed by atoms with Crippen LogP contribution in [0.15, 0.2) is 15.0 Å². The molecule has 0 aliphatic carbocycles. The van der Waals surface area contributed by atoms with E-state index in [4.69, 9.17) is 23.1 Å². The van der Waals surface area contributed by atoms with E-state index >= 15 is 0 Å². The van der Waals surface area contributed by atoms with E-state index in [-0.39, 0.29) is 0 Å². The lowest BCUT2D eigenvalue weighted by molar-refractivity contribution is 1.58. The summed E-state index contributed by atoms with van der Waals surface area (Å²) in [7, 11) is 0. The minimum atomic E-state index is 0.462. The fourth-order valence-electron chi connectivity index (χ4n) is 0.628. The maximum absolute atomic E-state index is 5.78. The van der Waals surface area contributed by atoms with Crippen LogP contribution in [-0.2, 0) is 0 Å². The van der Waals surface area contributed by atoms with Gasteiger partial charge < -0.3 is 11.5 Å². The Kier molecular flexibility index (Phi) is 2.67. The van der Waals surface area contributed by atoms with Crippen molar-refractivity contribution < 1.29 is 0 Å². The highest BCUT2D eigenvalue weighted by atomic mass is 79.9. The molecule has 0 radical (unpaired) electrons. The van der Waals surface area contributed by atoms with E-state index < -0.39 is 0 Å². The molecule has 0 aliphatic rings. The summed E-state index contributed by atoms with van der Waals surface area (Å²) in [6.07, 6.45) is 0. The number of nitrogens with two attached hydrogens (primary N) is 2. The van der Waals surface area contributed by atoms with Gasteiger partial charge in [-0.1, -0.05) is 11.6 Å². The number of rotatable bonds is 0. The molecule has 0 saturated heterocycles. The largest absolute Gasteiger partial charge is 0.396 e. The number of benzene rings is 1. The Morgan fingerprint density at radius 3 is 2.27 bits per heavy atom. The first-order chi connectivity index (χ1) is 5.04. The number of anilines is 2. The van der Waals surface area contributed by atoms with Crippen LogP contribution in [0.4, 0.5) is 11.4 Å². The Labute approximate surface area is 86.1 Å². The van der Waals surface area contributed by atoms with Gasteiger partial charge in [0, 0.05) is 4.47 Å². The molecule has 5 heteroatoms. The lowest BCUT2D eigenvalue weighted by Crippen LogP contribution is -1.96. The van der Waals surface area contributed by atoms with Gasteiger partial charge in [-0.05, 0) is 37.9 Å². The highest BCUT2D eigenvalue weighted by Gasteiger charge is 2.08. The van der Waals surface area contributed by atoms with Crippen molar-refractivity contribution in [1.82, 2.24) is 0 Å². The molecule has 4 N–H and O–H groups in total. The van der Waals surface area contributed by atoms with Crippen molar-refractivity contribution in [3.63, 3.8) is 0 Å². The third-order valence-electron chi connectivity index (χ3n) is 1.25. The first-order valence-corrected chi connectivity index (χ1v) is 4.69. The normalized spacial score (nSPS) is 10.1. The molecule has 60 valence electrons. The van der Waals surface area contributed by atoms with Crippen molar-refractivity contribution in [2.75, 3.05) is 11.5 Å². The molecular formula is C6H5Br2ClN2. The molecule has 0 unspecified atom stereocenters. The van der Waals surface area contributed by atoms with Crippen LogP contribution in [0.25, 0.3) is 0 Å². The first kappa shape index (κ1) is 9.16. The maximum Gasteiger partial charge on any atom is 0.0719 e. The van der Waals surface area contributed by atoms with Gasteiger partial charge in [-0.15, -0.1) is 0 Å². The smallest absolute Gasteiger partial charge is 0.0719 e. The molecule has 1 rings (SSSR count). The van der Waals surface area contributed by atoms with Crippen LogP contribution in [0.3, 0.4) is 0 Å². The molecule has 0 atom stereocenters. The second-order valence-corrected chi connectivity index (χ2v) is 4.04. The van der Waals surface area contributed by atoms with Gasteiger partial charge in [-0.3, -0.25) is 0 Å². The third-order valence-corrected chi connectivity index (χ3v) is 3.28. The second-order valence-electron chi connectivity index (χ2n) is 1.98. The molecule has 2 nitrogen and oxygen atoms in total. The minimum absolute atomic E-state index is 0.462. The topological polar surface area (TPSA) is 52.0 Å². The SMILES string of the molecule is Nc1c(Br)cc(Cl)c(Br)c1N. The monoisotopic (exact) mass is 298 g/mol. The summed E-state index contributed by atoms with van der Waals surface area (Å²) in [4.78, 5) is 0. The van der Waals surface area contributed by atoms with Crippen molar-refractivity contribution >= 4 is 54.8 Å². The van der Waals surface area contributed by atoms with Crippen molar-refractivity contribution in [3.8, 4) is 0 Å². The fraction of sp³-hybridized carbons (Fsp3) is 0. The van der Waals surface area contributed by atoms with Crippen LogP contribution in [0.2, 0.25) is 5.02 Å². The van der Waals surface area contributed by atoms with Gasteiger partial charge in [0.25, 0.3) is 0 Å². The van der Waals surface area contributed by atoms with E-state index in [1.54, 1.807) is 6.07 Å². The summed E-state index contributed by atoms with van der Waals surface area (Å²) in [5.74, 6) is 0. The predicted molar refractivity (Wildman–Crippen MR) is 55.7 cm³/mol. The third kappa shape index (κ3) is 1.63. The van der Waals surface area contributed by atoms with Crippen molar-refractivity contribution in [1.29, 1.82) is 0 Å². The Hall–Kier alpha value is 0.0700. The maximum atomic E-state index is 5.78. The summed E-state index contributed by atoms with van der Waals surface area (Å²) in [6.45, 7) is 0. The zero-order chi connectivity index (χ0) is 8.59. The summed E-state index contributed by atoms with van der Waals surface area (Å²) in [5, 5.41) is 0.545. The van der Waals surface area contributed by atoms with E-state index in [0.29, 0.717) is 25.3 Å². The average Bonchev–Trinajstić information content (AvgIpc) is 1.97. The Balaban J connectivity index is 3.46. The molecule has 0 aromatic heterocycles. The zero-order valence-electron chi connectivity index (χ0n) is 5.37. The first-order valence-electron chi connectivity index (χ1n) is 2.72. The minimum Gasteiger partial charge on any atom is -0.396 e. The van der Waals surface area contributed by atoms with Crippen molar-refractivity contribution in [2.24, 2.45) is 0 Å². The Morgan fingerprint density at radius 2 is 1.73 bits per heavy atom. The van der Waals surface area contributed by atoms with Crippen molar-refractivity contribution in [2.45, 2.75) is 0 Å². The van der Waals surface area contributed by atoms with Gasteiger partial charge in [0.05, 0.1) is 20.9 Å². The van der Waals surface area contributed by atoms with Crippen LogP contribution >= 0.6 is 43.5 Å². The lowest BCUT2D eigenvalue weighted by atomic mass is 10.3. The molecular weight excluding hydrogens is 295 g/mol. The second kappa shape index (κ2) is 3.21. The quantitative estimate of drug-likeness (QED) is 0.571. The van der Waals surface area contributed by atoms with Gasteiger partial charge in [0.2, 0.25) is 0 Å². The number of nitrogen functional groups attached to an aromatic ring is 2. The average molecular weight is 300 g/mol. The molecule has 0 fully saturated rings. The molecule has 1 aromatic rings. The predicted octanol–water partition coefficient (Wildman–Crippen LogP) is 3.03. The van der Waals surface area contributed by atoms with Gasteiger partial charge in [0.15, 0.2) is 0 Å². The Morgan fingerprint density at radius 1 is 1.18 bits per heavy atom.